The Balaban J connectivity index is 1.57. The molecule has 0 aliphatic heterocycles. The second-order valence-corrected chi connectivity index (χ2v) is 7.37. The number of carbonyl (C=O) groups is 1. The van der Waals surface area contributed by atoms with Crippen molar-refractivity contribution in [1.29, 1.82) is 0 Å². The van der Waals surface area contributed by atoms with Crippen molar-refractivity contribution >= 4 is 22.4 Å². The SMILES string of the molecule is Cc1c(-c2csc(NC(=O)c3ccc(COCC(F)(F)C(F)F)cc3)n2)cnn1C. The quantitative estimate of drug-likeness (QED) is 0.521. The summed E-state index contributed by atoms with van der Waals surface area (Å²) in [5.74, 6) is -4.59. The third-order valence-corrected chi connectivity index (χ3v) is 5.09. The average molecular weight is 442 g/mol. The molecule has 0 saturated carbocycles. The van der Waals surface area contributed by atoms with Crippen molar-refractivity contribution < 1.29 is 27.1 Å². The van der Waals surface area contributed by atoms with Gasteiger partial charge in [0, 0.05) is 29.2 Å². The number of thiazole rings is 1. The van der Waals surface area contributed by atoms with E-state index in [1.165, 1.54) is 35.6 Å². The largest absolute Gasteiger partial charge is 0.370 e. The monoisotopic (exact) mass is 442 g/mol. The van der Waals surface area contributed by atoms with Crippen LogP contribution in [0.3, 0.4) is 0 Å². The summed E-state index contributed by atoms with van der Waals surface area (Å²) in [7, 11) is 1.83. The highest BCUT2D eigenvalue weighted by atomic mass is 32.1. The standard InChI is InChI=1S/C19H18F4N4O2S/c1-11-14(7-24-27(11)2)15-9-30-18(25-15)26-16(28)13-5-3-12(4-6-13)8-29-10-19(22,23)17(20)21/h3-7,9,17H,8,10H2,1-2H3,(H,25,26,28). The third-order valence-electron chi connectivity index (χ3n) is 4.33. The van der Waals surface area contributed by atoms with E-state index in [9.17, 15) is 22.4 Å². The van der Waals surface area contributed by atoms with Crippen LogP contribution in [0.2, 0.25) is 0 Å². The molecule has 0 spiro atoms. The Bertz CT molecular complexity index is 1020. The highest BCUT2D eigenvalue weighted by Gasteiger charge is 2.40. The van der Waals surface area contributed by atoms with Gasteiger partial charge < -0.3 is 4.74 Å². The molecule has 1 N–H and O–H groups in total. The molecule has 0 unspecified atom stereocenters. The Hall–Kier alpha value is -2.79. The number of aryl methyl sites for hydroxylation is 1. The molecule has 2 aromatic heterocycles. The lowest BCUT2D eigenvalue weighted by atomic mass is 10.1. The second kappa shape index (κ2) is 8.92. The van der Waals surface area contributed by atoms with Gasteiger partial charge in [-0.3, -0.25) is 14.8 Å². The Kier molecular flexibility index (Phi) is 6.52. The number of anilines is 1. The van der Waals surface area contributed by atoms with Crippen LogP contribution >= 0.6 is 11.3 Å². The molecule has 0 aliphatic carbocycles. The van der Waals surface area contributed by atoms with Gasteiger partial charge in [-0.25, -0.2) is 13.8 Å². The number of carbonyl (C=O) groups excluding carboxylic acids is 1. The van der Waals surface area contributed by atoms with Gasteiger partial charge >= 0.3 is 12.3 Å². The molecule has 11 heteroatoms. The first-order valence-corrected chi connectivity index (χ1v) is 9.64. The number of nitrogens with one attached hydrogen (secondary N) is 1. The minimum atomic E-state index is -4.19. The highest BCUT2D eigenvalue weighted by molar-refractivity contribution is 7.14. The van der Waals surface area contributed by atoms with Crippen molar-refractivity contribution in [1.82, 2.24) is 14.8 Å². The lowest BCUT2D eigenvalue weighted by Crippen LogP contribution is -2.32. The maximum atomic E-state index is 12.8. The minimum Gasteiger partial charge on any atom is -0.370 e. The van der Waals surface area contributed by atoms with Gasteiger partial charge in [0.25, 0.3) is 5.91 Å². The van der Waals surface area contributed by atoms with Gasteiger partial charge in [-0.1, -0.05) is 12.1 Å². The van der Waals surface area contributed by atoms with E-state index in [4.69, 9.17) is 0 Å². The van der Waals surface area contributed by atoms with Crippen LogP contribution < -0.4 is 5.32 Å². The van der Waals surface area contributed by atoms with Gasteiger partial charge in [-0.15, -0.1) is 11.3 Å². The summed E-state index contributed by atoms with van der Waals surface area (Å²) in [6.45, 7) is 0.264. The van der Waals surface area contributed by atoms with Gasteiger partial charge in [0.15, 0.2) is 5.13 Å². The molecule has 0 bridgehead atoms. The fourth-order valence-corrected chi connectivity index (χ4v) is 3.20. The summed E-state index contributed by atoms with van der Waals surface area (Å²) < 4.78 is 56.2. The fraction of sp³-hybridized carbons (Fsp3) is 0.316. The molecule has 1 aromatic carbocycles. The number of hydrogen-bond acceptors (Lipinski definition) is 5. The number of alkyl halides is 4. The Morgan fingerprint density at radius 3 is 2.60 bits per heavy atom. The smallest absolute Gasteiger partial charge is 0.330 e. The summed E-state index contributed by atoms with van der Waals surface area (Å²) in [4.78, 5) is 16.8. The highest BCUT2D eigenvalue weighted by Crippen LogP contribution is 2.27. The summed E-state index contributed by atoms with van der Waals surface area (Å²) in [5, 5.41) is 9.10. The summed E-state index contributed by atoms with van der Waals surface area (Å²) >= 11 is 1.27. The number of amides is 1. The van der Waals surface area contributed by atoms with E-state index in [1.54, 1.807) is 10.9 Å². The first-order chi connectivity index (χ1) is 14.2. The molecule has 6 nitrogen and oxygen atoms in total. The van der Waals surface area contributed by atoms with Gasteiger partial charge in [0.1, 0.15) is 6.61 Å². The lowest BCUT2D eigenvalue weighted by Gasteiger charge is -2.15. The van der Waals surface area contributed by atoms with Crippen LogP contribution in [0.25, 0.3) is 11.3 Å². The maximum Gasteiger partial charge on any atom is 0.330 e. The first-order valence-electron chi connectivity index (χ1n) is 8.76. The molecule has 3 aromatic rings. The molecule has 2 heterocycles. The summed E-state index contributed by atoms with van der Waals surface area (Å²) in [6.07, 6.45) is -2.08. The molecule has 0 fully saturated rings. The van der Waals surface area contributed by atoms with Crippen molar-refractivity contribution in [3.8, 4) is 11.3 Å². The van der Waals surface area contributed by atoms with Gasteiger partial charge in [-0.05, 0) is 24.6 Å². The Labute approximate surface area is 173 Å². The van der Waals surface area contributed by atoms with Crippen LogP contribution in [0.4, 0.5) is 22.7 Å². The van der Waals surface area contributed by atoms with Crippen molar-refractivity contribution in [2.24, 2.45) is 7.05 Å². The van der Waals surface area contributed by atoms with E-state index in [1.807, 2.05) is 19.4 Å². The van der Waals surface area contributed by atoms with E-state index in [-0.39, 0.29) is 6.61 Å². The van der Waals surface area contributed by atoms with Crippen LogP contribution in [-0.2, 0) is 18.4 Å². The zero-order valence-corrected chi connectivity index (χ0v) is 16.9. The third kappa shape index (κ3) is 5.03. The number of benzene rings is 1. The molecule has 0 radical (unpaired) electrons. The predicted molar refractivity (Wildman–Crippen MR) is 104 cm³/mol. The normalized spacial score (nSPS) is 11.8. The molecular weight excluding hydrogens is 424 g/mol. The van der Waals surface area contributed by atoms with Crippen LogP contribution in [0, 0.1) is 6.92 Å². The molecule has 30 heavy (non-hydrogen) atoms. The van der Waals surface area contributed by atoms with Crippen LogP contribution in [0.15, 0.2) is 35.8 Å². The number of nitrogens with zero attached hydrogens (tertiary/aromatic N) is 3. The van der Waals surface area contributed by atoms with Gasteiger partial charge in [0.05, 0.1) is 18.5 Å². The predicted octanol–water partition coefficient (Wildman–Crippen LogP) is 4.52. The molecule has 3 rings (SSSR count). The molecule has 0 atom stereocenters. The van der Waals surface area contributed by atoms with E-state index < -0.39 is 24.9 Å². The zero-order chi connectivity index (χ0) is 21.9. The molecule has 0 saturated heterocycles. The molecular formula is C19H18F4N4O2S. The minimum absolute atomic E-state index is 0.273. The van der Waals surface area contributed by atoms with Crippen molar-refractivity contribution in [3.63, 3.8) is 0 Å². The van der Waals surface area contributed by atoms with Crippen molar-refractivity contribution in [3.05, 3.63) is 52.7 Å². The average Bonchev–Trinajstić information content (AvgIpc) is 3.28. The summed E-state index contributed by atoms with van der Waals surface area (Å²) in [6, 6.07) is 5.97. The number of halogens is 4. The first kappa shape index (κ1) is 21.9. The van der Waals surface area contributed by atoms with Crippen LogP contribution in [-0.4, -0.2) is 39.6 Å². The van der Waals surface area contributed by atoms with Crippen molar-refractivity contribution in [2.75, 3.05) is 11.9 Å². The van der Waals surface area contributed by atoms with Crippen LogP contribution in [0.1, 0.15) is 21.6 Å². The fourth-order valence-electron chi connectivity index (χ4n) is 2.49. The molecule has 160 valence electrons. The maximum absolute atomic E-state index is 12.8. The second-order valence-electron chi connectivity index (χ2n) is 6.51. The zero-order valence-electron chi connectivity index (χ0n) is 16.0. The number of rotatable bonds is 8. The topological polar surface area (TPSA) is 69.0 Å². The Morgan fingerprint density at radius 1 is 1.30 bits per heavy atom. The van der Waals surface area contributed by atoms with Crippen molar-refractivity contribution in [2.45, 2.75) is 25.9 Å². The number of hydrogen-bond donors (Lipinski definition) is 1. The van der Waals surface area contributed by atoms with E-state index in [0.29, 0.717) is 22.0 Å². The van der Waals surface area contributed by atoms with E-state index >= 15 is 0 Å². The van der Waals surface area contributed by atoms with Crippen LogP contribution in [0.5, 0.6) is 0 Å². The van der Waals surface area contributed by atoms with Gasteiger partial charge in [-0.2, -0.15) is 13.9 Å². The molecule has 1 amide bonds. The summed E-state index contributed by atoms with van der Waals surface area (Å²) in [5.41, 5.74) is 3.32. The Morgan fingerprint density at radius 2 is 2.00 bits per heavy atom. The van der Waals surface area contributed by atoms with Gasteiger partial charge in [0.2, 0.25) is 0 Å². The van der Waals surface area contributed by atoms with E-state index in [0.717, 1.165) is 11.3 Å². The van der Waals surface area contributed by atoms with E-state index in [2.05, 4.69) is 20.1 Å². The molecule has 0 aliphatic rings. The lowest BCUT2D eigenvalue weighted by molar-refractivity contribution is -0.168. The number of ether oxygens (including phenoxy) is 1. The number of aromatic nitrogens is 3.